The monoisotopic (exact) mass is 487 g/mol. The summed E-state index contributed by atoms with van der Waals surface area (Å²) < 4.78 is 7.46. The molecule has 1 fully saturated rings. The van der Waals surface area contributed by atoms with E-state index in [1.54, 1.807) is 12.0 Å². The van der Waals surface area contributed by atoms with Gasteiger partial charge in [-0.15, -0.1) is 0 Å². The van der Waals surface area contributed by atoms with Crippen molar-refractivity contribution in [1.82, 2.24) is 9.88 Å². The molecule has 1 aliphatic heterocycles. The highest BCUT2D eigenvalue weighted by Crippen LogP contribution is 2.37. The van der Waals surface area contributed by atoms with Crippen molar-refractivity contribution >= 4 is 28.4 Å². The third-order valence-electron chi connectivity index (χ3n) is 7.89. The van der Waals surface area contributed by atoms with Gasteiger partial charge in [-0.1, -0.05) is 38.2 Å². The fourth-order valence-electron chi connectivity index (χ4n) is 6.02. The van der Waals surface area contributed by atoms with E-state index in [0.29, 0.717) is 12.2 Å². The van der Waals surface area contributed by atoms with Crippen LogP contribution in [0, 0.1) is 13.8 Å². The van der Waals surface area contributed by atoms with E-state index < -0.39 is 5.54 Å². The Kier molecular flexibility index (Phi) is 6.54. The molecule has 0 unspecified atom stereocenters. The summed E-state index contributed by atoms with van der Waals surface area (Å²) >= 11 is 0. The van der Waals surface area contributed by atoms with Gasteiger partial charge < -0.3 is 14.6 Å². The van der Waals surface area contributed by atoms with Gasteiger partial charge in [0.25, 0.3) is 5.91 Å². The topological polar surface area (TPSA) is 63.6 Å². The van der Waals surface area contributed by atoms with Crippen molar-refractivity contribution < 1.29 is 14.3 Å². The summed E-state index contributed by atoms with van der Waals surface area (Å²) in [5.74, 6) is 0.487. The maximum absolute atomic E-state index is 14.2. The molecule has 1 aliphatic carbocycles. The van der Waals surface area contributed by atoms with Crippen molar-refractivity contribution in [1.29, 1.82) is 0 Å². The van der Waals surface area contributed by atoms with Crippen LogP contribution < -0.4 is 15.0 Å². The Balaban J connectivity index is 1.60. The third kappa shape index (κ3) is 4.38. The first-order valence-corrected chi connectivity index (χ1v) is 13.2. The number of fused-ring (bicyclic) bond motifs is 3. The minimum atomic E-state index is -1.08. The molecule has 2 aromatic carbocycles. The molecule has 5 rings (SSSR count). The molecule has 0 radical (unpaired) electrons. The molecule has 6 heteroatoms. The van der Waals surface area contributed by atoms with Crippen LogP contribution in [0.25, 0.3) is 10.9 Å². The summed E-state index contributed by atoms with van der Waals surface area (Å²) in [6, 6.07) is 14.0. The molecular formula is C30H37N3O3. The maximum Gasteiger partial charge on any atom is 0.275 e. The van der Waals surface area contributed by atoms with Crippen LogP contribution in [-0.4, -0.2) is 35.1 Å². The summed E-state index contributed by atoms with van der Waals surface area (Å²) in [6.07, 6.45) is 7.97. The highest BCUT2D eigenvalue weighted by atomic mass is 16.5. The zero-order valence-corrected chi connectivity index (χ0v) is 21.9. The average Bonchev–Trinajstić information content (AvgIpc) is 3.17. The van der Waals surface area contributed by atoms with Gasteiger partial charge in [0.15, 0.2) is 0 Å². The maximum atomic E-state index is 14.2. The number of rotatable bonds is 4. The van der Waals surface area contributed by atoms with Crippen molar-refractivity contribution in [3.05, 3.63) is 59.3 Å². The average molecular weight is 488 g/mol. The van der Waals surface area contributed by atoms with Crippen LogP contribution in [0.5, 0.6) is 5.75 Å². The standard InChI is InChI=1S/C30H37N3O3/c1-20-14-21(2)16-24(15-20)33-28(34)27-17-22-12-13-25(36-4)18-26(22)32(27)19-30(33,3)29(35)31-23-10-8-6-5-7-9-11-23/h12-18,23H,5-11,19H2,1-4H3,(H,31,35)/t30-/m1/s1. The Morgan fingerprint density at radius 2 is 1.64 bits per heavy atom. The quantitative estimate of drug-likeness (QED) is 0.497. The highest BCUT2D eigenvalue weighted by Gasteiger charge is 2.49. The van der Waals surface area contributed by atoms with E-state index >= 15 is 0 Å². The van der Waals surface area contributed by atoms with Gasteiger partial charge in [-0.2, -0.15) is 0 Å². The van der Waals surface area contributed by atoms with Crippen LogP contribution in [0.15, 0.2) is 42.5 Å². The Morgan fingerprint density at radius 1 is 0.972 bits per heavy atom. The number of nitrogens with one attached hydrogen (secondary N) is 1. The molecule has 1 aromatic heterocycles. The third-order valence-corrected chi connectivity index (χ3v) is 7.89. The molecule has 6 nitrogen and oxygen atoms in total. The number of methoxy groups -OCH3 is 1. The Labute approximate surface area is 213 Å². The number of nitrogens with zero attached hydrogens (tertiary/aromatic N) is 2. The number of aryl methyl sites for hydroxylation is 2. The fraction of sp³-hybridized carbons (Fsp3) is 0.467. The second-order valence-electron chi connectivity index (χ2n) is 10.8. The molecule has 1 N–H and O–H groups in total. The number of aromatic nitrogens is 1. The molecule has 0 saturated heterocycles. The predicted molar refractivity (Wildman–Crippen MR) is 144 cm³/mol. The zero-order valence-electron chi connectivity index (χ0n) is 21.9. The van der Waals surface area contributed by atoms with E-state index in [-0.39, 0.29) is 17.9 Å². The normalized spacial score (nSPS) is 21.1. The van der Waals surface area contributed by atoms with Crippen LogP contribution in [0.2, 0.25) is 0 Å². The van der Waals surface area contributed by atoms with Gasteiger partial charge in [-0.25, -0.2) is 0 Å². The highest BCUT2D eigenvalue weighted by molar-refractivity contribution is 6.14. The zero-order chi connectivity index (χ0) is 25.4. The number of carbonyl (C=O) groups excluding carboxylic acids is 2. The first-order chi connectivity index (χ1) is 17.3. The number of ether oxygens (including phenoxy) is 1. The van der Waals surface area contributed by atoms with Crippen LogP contribution >= 0.6 is 0 Å². The minimum absolute atomic E-state index is 0.0871. The molecule has 1 saturated carbocycles. The summed E-state index contributed by atoms with van der Waals surface area (Å²) in [4.78, 5) is 30.0. The van der Waals surface area contributed by atoms with E-state index in [1.165, 1.54) is 19.3 Å². The number of hydrogen-bond acceptors (Lipinski definition) is 3. The van der Waals surface area contributed by atoms with Crippen LogP contribution in [0.4, 0.5) is 5.69 Å². The molecule has 190 valence electrons. The van der Waals surface area contributed by atoms with E-state index in [4.69, 9.17) is 4.74 Å². The molecule has 36 heavy (non-hydrogen) atoms. The molecule has 2 amide bonds. The van der Waals surface area contributed by atoms with Crippen molar-refractivity contribution in [3.8, 4) is 5.75 Å². The summed E-state index contributed by atoms with van der Waals surface area (Å²) in [5, 5.41) is 4.33. The second-order valence-corrected chi connectivity index (χ2v) is 10.8. The van der Waals surface area contributed by atoms with Crippen LogP contribution in [0.3, 0.4) is 0 Å². The largest absolute Gasteiger partial charge is 0.497 e. The lowest BCUT2D eigenvalue weighted by Gasteiger charge is -2.45. The molecule has 1 atom stereocenters. The van der Waals surface area contributed by atoms with Crippen molar-refractivity contribution in [2.45, 2.75) is 83.8 Å². The van der Waals surface area contributed by atoms with E-state index in [0.717, 1.165) is 59.2 Å². The lowest BCUT2D eigenvalue weighted by atomic mass is 9.91. The lowest BCUT2D eigenvalue weighted by Crippen LogP contribution is -2.65. The number of anilines is 1. The van der Waals surface area contributed by atoms with Gasteiger partial charge in [0.2, 0.25) is 5.91 Å². The lowest BCUT2D eigenvalue weighted by molar-refractivity contribution is -0.127. The van der Waals surface area contributed by atoms with E-state index in [1.807, 2.05) is 61.7 Å². The SMILES string of the molecule is COc1ccc2cc3n(c2c1)C[C@](C)(C(=O)NC1CCCCCCC1)N(c1cc(C)cc(C)c1)C3=O. The molecule has 2 aliphatic rings. The fourth-order valence-corrected chi connectivity index (χ4v) is 6.02. The van der Waals surface area contributed by atoms with Crippen LogP contribution in [-0.2, 0) is 11.3 Å². The second kappa shape index (κ2) is 9.64. The van der Waals surface area contributed by atoms with Crippen LogP contribution in [0.1, 0.15) is 73.5 Å². The number of carbonyl (C=O) groups is 2. The van der Waals surface area contributed by atoms with Gasteiger partial charge in [0, 0.05) is 23.2 Å². The first-order valence-electron chi connectivity index (χ1n) is 13.2. The van der Waals surface area contributed by atoms with Gasteiger partial charge in [-0.3, -0.25) is 14.5 Å². The van der Waals surface area contributed by atoms with Gasteiger partial charge in [0.05, 0.1) is 19.2 Å². The van der Waals surface area contributed by atoms with Crippen molar-refractivity contribution in [2.75, 3.05) is 12.0 Å². The molecule has 0 spiro atoms. The van der Waals surface area contributed by atoms with Crippen molar-refractivity contribution in [2.24, 2.45) is 0 Å². The molecular weight excluding hydrogens is 450 g/mol. The van der Waals surface area contributed by atoms with Gasteiger partial charge in [0.1, 0.15) is 17.0 Å². The van der Waals surface area contributed by atoms with Gasteiger partial charge >= 0.3 is 0 Å². The Bertz CT molecular complexity index is 1280. The summed E-state index contributed by atoms with van der Waals surface area (Å²) in [7, 11) is 1.64. The predicted octanol–water partition coefficient (Wildman–Crippen LogP) is 5.91. The summed E-state index contributed by atoms with van der Waals surface area (Å²) in [6.45, 7) is 6.34. The smallest absolute Gasteiger partial charge is 0.275 e. The number of amides is 2. The molecule has 3 aromatic rings. The Morgan fingerprint density at radius 3 is 2.31 bits per heavy atom. The number of benzene rings is 2. The van der Waals surface area contributed by atoms with E-state index in [9.17, 15) is 9.59 Å². The van der Waals surface area contributed by atoms with Crippen molar-refractivity contribution in [3.63, 3.8) is 0 Å². The van der Waals surface area contributed by atoms with Gasteiger partial charge in [-0.05, 0) is 75.1 Å². The first kappa shape index (κ1) is 24.4. The molecule has 0 bridgehead atoms. The molecule has 2 heterocycles. The summed E-state index contributed by atoms with van der Waals surface area (Å²) in [5.41, 5.74) is 3.31. The number of hydrogen-bond donors (Lipinski definition) is 1. The van der Waals surface area contributed by atoms with E-state index in [2.05, 4.69) is 11.4 Å². The Hall–Kier alpha value is -3.28. The minimum Gasteiger partial charge on any atom is -0.497 e.